The molecule has 1 rings (SSSR count). The normalized spacial score (nSPS) is 13.2. The molecule has 1 aromatic rings. The predicted octanol–water partition coefficient (Wildman–Crippen LogP) is 2.17. The van der Waals surface area contributed by atoms with Gasteiger partial charge in [0.15, 0.2) is 9.84 Å². The molecular formula is C14H23NO3S. The molecule has 0 aromatic heterocycles. The van der Waals surface area contributed by atoms with Crippen molar-refractivity contribution >= 4 is 9.84 Å². The highest BCUT2D eigenvalue weighted by Gasteiger charge is 2.11. The Morgan fingerprint density at radius 2 is 2.00 bits per heavy atom. The summed E-state index contributed by atoms with van der Waals surface area (Å²) in [4.78, 5) is 0. The van der Waals surface area contributed by atoms with Crippen molar-refractivity contribution in [1.82, 2.24) is 5.32 Å². The lowest BCUT2D eigenvalue weighted by Gasteiger charge is -2.18. The molecule has 108 valence electrons. The Morgan fingerprint density at radius 3 is 2.63 bits per heavy atom. The summed E-state index contributed by atoms with van der Waals surface area (Å²) in [5.74, 6) is 0.792. The van der Waals surface area contributed by atoms with E-state index in [0.717, 1.165) is 24.3 Å². The Balaban J connectivity index is 2.67. The highest BCUT2D eigenvalue weighted by molar-refractivity contribution is 7.90. The molecule has 1 aromatic carbocycles. The number of benzene rings is 1. The van der Waals surface area contributed by atoms with Gasteiger partial charge in [0.2, 0.25) is 0 Å². The van der Waals surface area contributed by atoms with E-state index in [1.54, 1.807) is 0 Å². The first-order valence-electron chi connectivity index (χ1n) is 6.57. The third-order valence-electron chi connectivity index (χ3n) is 2.80. The summed E-state index contributed by atoms with van der Waals surface area (Å²) in [6.07, 6.45) is 2.29. The van der Waals surface area contributed by atoms with Crippen LogP contribution in [0.4, 0.5) is 0 Å². The molecule has 0 aliphatic heterocycles. The minimum Gasteiger partial charge on any atom is -0.492 e. The average Bonchev–Trinajstić information content (AvgIpc) is 2.35. The lowest BCUT2D eigenvalue weighted by atomic mass is 10.1. The molecule has 0 saturated carbocycles. The first-order chi connectivity index (χ1) is 8.94. The van der Waals surface area contributed by atoms with Gasteiger partial charge >= 0.3 is 0 Å². The van der Waals surface area contributed by atoms with Gasteiger partial charge < -0.3 is 10.1 Å². The Labute approximate surface area is 116 Å². The molecule has 0 saturated heterocycles. The van der Waals surface area contributed by atoms with E-state index >= 15 is 0 Å². The van der Waals surface area contributed by atoms with Gasteiger partial charge in [-0.1, -0.05) is 25.1 Å². The molecule has 1 unspecified atom stereocenters. The maximum atomic E-state index is 11.1. The summed E-state index contributed by atoms with van der Waals surface area (Å²) in [6.45, 7) is 5.33. The van der Waals surface area contributed by atoms with Gasteiger partial charge in [0, 0.05) is 17.9 Å². The minimum absolute atomic E-state index is 0.0398. The molecular weight excluding hydrogens is 262 g/mol. The van der Waals surface area contributed by atoms with Crippen molar-refractivity contribution in [2.75, 3.05) is 25.2 Å². The summed E-state index contributed by atoms with van der Waals surface area (Å²) >= 11 is 0. The van der Waals surface area contributed by atoms with E-state index < -0.39 is 9.84 Å². The van der Waals surface area contributed by atoms with E-state index in [9.17, 15) is 8.42 Å². The van der Waals surface area contributed by atoms with Crippen LogP contribution in [0.3, 0.4) is 0 Å². The Morgan fingerprint density at radius 1 is 1.32 bits per heavy atom. The van der Waals surface area contributed by atoms with Crippen LogP contribution in [0, 0.1) is 0 Å². The first-order valence-corrected chi connectivity index (χ1v) is 8.63. The molecule has 19 heavy (non-hydrogen) atoms. The third kappa shape index (κ3) is 6.07. The van der Waals surface area contributed by atoms with Crippen LogP contribution in [-0.2, 0) is 9.84 Å². The average molecular weight is 285 g/mol. The maximum Gasteiger partial charge on any atom is 0.150 e. The molecule has 0 fully saturated rings. The van der Waals surface area contributed by atoms with Gasteiger partial charge in [-0.2, -0.15) is 0 Å². The van der Waals surface area contributed by atoms with Crippen molar-refractivity contribution in [1.29, 1.82) is 0 Å². The molecule has 5 heteroatoms. The number of sulfone groups is 1. The van der Waals surface area contributed by atoms with Crippen LogP contribution in [-0.4, -0.2) is 33.6 Å². The van der Waals surface area contributed by atoms with Crippen LogP contribution in [0.5, 0.6) is 5.75 Å². The second-order valence-electron chi connectivity index (χ2n) is 4.69. The second-order valence-corrected chi connectivity index (χ2v) is 6.95. The van der Waals surface area contributed by atoms with E-state index in [0.29, 0.717) is 0 Å². The van der Waals surface area contributed by atoms with E-state index in [2.05, 4.69) is 19.2 Å². The van der Waals surface area contributed by atoms with Crippen molar-refractivity contribution in [2.45, 2.75) is 26.3 Å². The fraction of sp³-hybridized carbons (Fsp3) is 0.571. The lowest BCUT2D eigenvalue weighted by Crippen LogP contribution is -2.20. The number of hydrogen-bond acceptors (Lipinski definition) is 4. The summed E-state index contributed by atoms with van der Waals surface area (Å²) < 4.78 is 27.8. The van der Waals surface area contributed by atoms with Gasteiger partial charge in [-0.25, -0.2) is 8.42 Å². The topological polar surface area (TPSA) is 55.4 Å². The van der Waals surface area contributed by atoms with Crippen molar-refractivity contribution in [3.63, 3.8) is 0 Å². The van der Waals surface area contributed by atoms with Gasteiger partial charge in [-0.05, 0) is 26.0 Å². The van der Waals surface area contributed by atoms with Gasteiger partial charge in [0.25, 0.3) is 0 Å². The van der Waals surface area contributed by atoms with Crippen LogP contribution in [0.2, 0.25) is 0 Å². The Kier molecular flexibility index (Phi) is 6.31. The van der Waals surface area contributed by atoms with E-state index in [-0.39, 0.29) is 18.4 Å². The summed E-state index contributed by atoms with van der Waals surface area (Å²) in [6, 6.07) is 7.92. The fourth-order valence-corrected chi connectivity index (χ4v) is 2.13. The monoisotopic (exact) mass is 285 g/mol. The number of nitrogens with one attached hydrogen (secondary N) is 1. The molecule has 0 aliphatic rings. The van der Waals surface area contributed by atoms with Gasteiger partial charge in [0.05, 0.1) is 5.75 Å². The van der Waals surface area contributed by atoms with Crippen LogP contribution >= 0.6 is 0 Å². The standard InChI is InChI=1S/C14H23NO3S/c1-4-9-15-12(2)13-7-5-6-8-14(13)18-10-11-19(3,16)17/h5-8,12,15H,4,9-11H2,1-3H3. The van der Waals surface area contributed by atoms with Gasteiger partial charge in [-0.15, -0.1) is 0 Å². The molecule has 0 radical (unpaired) electrons. The number of para-hydroxylation sites is 1. The van der Waals surface area contributed by atoms with Crippen LogP contribution < -0.4 is 10.1 Å². The minimum atomic E-state index is -2.98. The quantitative estimate of drug-likeness (QED) is 0.795. The van der Waals surface area contributed by atoms with Crippen LogP contribution in [0.1, 0.15) is 31.9 Å². The maximum absolute atomic E-state index is 11.1. The Bertz CT molecular complexity index is 485. The highest BCUT2D eigenvalue weighted by Crippen LogP contribution is 2.24. The zero-order valence-corrected chi connectivity index (χ0v) is 12.7. The van der Waals surface area contributed by atoms with Crippen molar-refractivity contribution < 1.29 is 13.2 Å². The number of ether oxygens (including phenoxy) is 1. The van der Waals surface area contributed by atoms with Gasteiger partial charge in [0.1, 0.15) is 12.4 Å². The van der Waals surface area contributed by atoms with E-state index in [4.69, 9.17) is 4.74 Å². The van der Waals surface area contributed by atoms with Crippen molar-refractivity contribution in [3.8, 4) is 5.75 Å². The second kappa shape index (κ2) is 7.50. The molecule has 1 atom stereocenters. The summed E-state index contributed by atoms with van der Waals surface area (Å²) in [5, 5.41) is 3.40. The third-order valence-corrected chi connectivity index (χ3v) is 3.71. The zero-order valence-electron chi connectivity index (χ0n) is 11.8. The van der Waals surface area contributed by atoms with E-state index in [1.807, 2.05) is 24.3 Å². The molecule has 1 N–H and O–H groups in total. The van der Waals surface area contributed by atoms with Crippen LogP contribution in [0.15, 0.2) is 24.3 Å². The van der Waals surface area contributed by atoms with Crippen LogP contribution in [0.25, 0.3) is 0 Å². The fourth-order valence-electron chi connectivity index (χ4n) is 1.74. The molecule has 0 heterocycles. The smallest absolute Gasteiger partial charge is 0.150 e. The largest absolute Gasteiger partial charge is 0.492 e. The van der Waals surface area contributed by atoms with Crippen molar-refractivity contribution in [3.05, 3.63) is 29.8 Å². The van der Waals surface area contributed by atoms with Gasteiger partial charge in [-0.3, -0.25) is 0 Å². The summed E-state index contributed by atoms with van der Waals surface area (Å²) in [5.41, 5.74) is 1.06. The zero-order chi connectivity index (χ0) is 14.3. The first kappa shape index (κ1) is 16.0. The molecule has 0 bridgehead atoms. The Hall–Kier alpha value is -1.07. The number of rotatable bonds is 8. The highest BCUT2D eigenvalue weighted by atomic mass is 32.2. The SMILES string of the molecule is CCCNC(C)c1ccccc1OCCS(C)(=O)=O. The predicted molar refractivity (Wildman–Crippen MR) is 78.4 cm³/mol. The molecule has 0 spiro atoms. The lowest BCUT2D eigenvalue weighted by molar-refractivity contribution is 0.333. The molecule has 0 aliphatic carbocycles. The number of hydrogen-bond donors (Lipinski definition) is 1. The van der Waals surface area contributed by atoms with Crippen molar-refractivity contribution in [2.24, 2.45) is 0 Å². The molecule has 4 nitrogen and oxygen atoms in total. The summed E-state index contributed by atoms with van der Waals surface area (Å²) in [7, 11) is -2.98. The molecule has 0 amide bonds. The van der Waals surface area contributed by atoms with E-state index in [1.165, 1.54) is 6.26 Å².